The summed E-state index contributed by atoms with van der Waals surface area (Å²) < 4.78 is 13.3. The van der Waals surface area contributed by atoms with E-state index in [2.05, 4.69) is 25.1 Å². The molecule has 2 rings (SSSR count). The van der Waals surface area contributed by atoms with Crippen molar-refractivity contribution in [2.45, 2.75) is 38.1 Å². The van der Waals surface area contributed by atoms with E-state index in [1.807, 2.05) is 6.07 Å². The van der Waals surface area contributed by atoms with E-state index in [-0.39, 0.29) is 5.82 Å². The number of hydrogen-bond acceptors (Lipinski definition) is 1. The van der Waals surface area contributed by atoms with Crippen molar-refractivity contribution in [2.75, 3.05) is 14.1 Å². The van der Waals surface area contributed by atoms with Crippen LogP contribution in [-0.4, -0.2) is 19.0 Å². The molecule has 1 aliphatic rings. The summed E-state index contributed by atoms with van der Waals surface area (Å²) in [4.78, 5) is 2.24. The molecule has 0 bridgehead atoms. The molecule has 1 nitrogen and oxygen atoms in total. The van der Waals surface area contributed by atoms with Gasteiger partial charge in [-0.1, -0.05) is 31.4 Å². The lowest BCUT2D eigenvalue weighted by molar-refractivity contribution is 0.171. The van der Waals surface area contributed by atoms with Gasteiger partial charge in [-0.25, -0.2) is 4.39 Å². The van der Waals surface area contributed by atoms with Gasteiger partial charge in [0.15, 0.2) is 0 Å². The highest BCUT2D eigenvalue weighted by Crippen LogP contribution is 2.37. The molecule has 1 atom stereocenters. The second-order valence-corrected chi connectivity index (χ2v) is 5.36. The molecule has 1 saturated carbocycles. The van der Waals surface area contributed by atoms with Gasteiger partial charge in [-0.2, -0.15) is 0 Å². The van der Waals surface area contributed by atoms with Crippen LogP contribution in [0.3, 0.4) is 0 Å². The Hall–Kier alpha value is -0.890. The summed E-state index contributed by atoms with van der Waals surface area (Å²) in [5, 5.41) is 0. The van der Waals surface area contributed by atoms with Crippen molar-refractivity contribution in [3.63, 3.8) is 0 Å². The topological polar surface area (TPSA) is 3.24 Å². The lowest BCUT2D eigenvalue weighted by atomic mass is 9.80. The van der Waals surface area contributed by atoms with Gasteiger partial charge in [0, 0.05) is 6.04 Å². The summed E-state index contributed by atoms with van der Waals surface area (Å²) in [5.74, 6) is 0.561. The average Bonchev–Trinajstić information content (AvgIpc) is 2.30. The van der Waals surface area contributed by atoms with Gasteiger partial charge in [0.05, 0.1) is 0 Å². The molecule has 0 heterocycles. The number of nitrogens with zero attached hydrogens (tertiary/aromatic N) is 1. The van der Waals surface area contributed by atoms with E-state index in [0.717, 1.165) is 5.56 Å². The van der Waals surface area contributed by atoms with Crippen LogP contribution in [0.15, 0.2) is 24.3 Å². The largest absolute Gasteiger partial charge is 0.302 e. The third-order valence-electron chi connectivity index (χ3n) is 3.84. The number of rotatable bonds is 3. The minimum atomic E-state index is -0.120. The first-order valence-electron chi connectivity index (χ1n) is 6.60. The summed E-state index contributed by atoms with van der Waals surface area (Å²) in [7, 11) is 4.20. The van der Waals surface area contributed by atoms with Crippen molar-refractivity contribution < 1.29 is 4.39 Å². The third kappa shape index (κ3) is 3.06. The summed E-state index contributed by atoms with van der Waals surface area (Å²) in [6.45, 7) is 0. The van der Waals surface area contributed by atoms with Crippen LogP contribution in [0.4, 0.5) is 4.39 Å². The summed E-state index contributed by atoms with van der Waals surface area (Å²) >= 11 is 0. The quantitative estimate of drug-likeness (QED) is 0.765. The second kappa shape index (κ2) is 5.63. The number of halogens is 1. The van der Waals surface area contributed by atoms with Crippen LogP contribution < -0.4 is 0 Å². The lowest BCUT2D eigenvalue weighted by Gasteiger charge is -2.35. The predicted octanol–water partition coefficient (Wildman–Crippen LogP) is 4.01. The van der Waals surface area contributed by atoms with E-state index < -0.39 is 0 Å². The number of hydrogen-bond donors (Lipinski definition) is 0. The van der Waals surface area contributed by atoms with Gasteiger partial charge in [0.25, 0.3) is 0 Å². The molecule has 94 valence electrons. The van der Waals surface area contributed by atoms with E-state index in [1.165, 1.54) is 38.2 Å². The highest BCUT2D eigenvalue weighted by atomic mass is 19.1. The SMILES string of the molecule is CN(C)C(c1cccc(F)c1)C1CCCCC1. The Kier molecular flexibility index (Phi) is 4.16. The van der Waals surface area contributed by atoms with Gasteiger partial charge in [-0.3, -0.25) is 0 Å². The zero-order chi connectivity index (χ0) is 12.3. The molecule has 2 heteroatoms. The van der Waals surface area contributed by atoms with Crippen molar-refractivity contribution in [2.24, 2.45) is 5.92 Å². The Morgan fingerprint density at radius 3 is 2.47 bits per heavy atom. The molecule has 1 fully saturated rings. The smallest absolute Gasteiger partial charge is 0.123 e. The van der Waals surface area contributed by atoms with Crippen molar-refractivity contribution in [3.05, 3.63) is 35.6 Å². The molecular weight excluding hydrogens is 213 g/mol. The second-order valence-electron chi connectivity index (χ2n) is 5.36. The molecule has 1 aromatic rings. The molecule has 0 aliphatic heterocycles. The van der Waals surface area contributed by atoms with Gasteiger partial charge in [-0.05, 0) is 50.6 Å². The average molecular weight is 235 g/mol. The maximum Gasteiger partial charge on any atom is 0.123 e. The van der Waals surface area contributed by atoms with Crippen LogP contribution >= 0.6 is 0 Å². The minimum Gasteiger partial charge on any atom is -0.302 e. The fourth-order valence-corrected chi connectivity index (χ4v) is 3.13. The molecule has 17 heavy (non-hydrogen) atoms. The first-order valence-corrected chi connectivity index (χ1v) is 6.60. The van der Waals surface area contributed by atoms with E-state index >= 15 is 0 Å². The maximum atomic E-state index is 13.3. The van der Waals surface area contributed by atoms with Crippen LogP contribution in [0.2, 0.25) is 0 Å². The molecule has 0 saturated heterocycles. The first-order chi connectivity index (χ1) is 8.18. The van der Waals surface area contributed by atoms with Crippen molar-refractivity contribution in [3.8, 4) is 0 Å². The Bertz CT molecular complexity index is 356. The van der Waals surface area contributed by atoms with Gasteiger partial charge < -0.3 is 4.90 Å². The van der Waals surface area contributed by atoms with Crippen molar-refractivity contribution in [1.82, 2.24) is 4.90 Å². The van der Waals surface area contributed by atoms with Crippen LogP contribution in [0.25, 0.3) is 0 Å². The van der Waals surface area contributed by atoms with Gasteiger partial charge >= 0.3 is 0 Å². The highest BCUT2D eigenvalue weighted by Gasteiger charge is 2.26. The van der Waals surface area contributed by atoms with Gasteiger partial charge in [-0.15, -0.1) is 0 Å². The Morgan fingerprint density at radius 2 is 1.88 bits per heavy atom. The first kappa shape index (κ1) is 12.6. The van der Waals surface area contributed by atoms with Gasteiger partial charge in [0.1, 0.15) is 5.82 Å². The van der Waals surface area contributed by atoms with Crippen molar-refractivity contribution in [1.29, 1.82) is 0 Å². The zero-order valence-electron chi connectivity index (χ0n) is 10.8. The molecule has 0 aromatic heterocycles. The Balaban J connectivity index is 2.21. The van der Waals surface area contributed by atoms with Gasteiger partial charge in [0.2, 0.25) is 0 Å². The van der Waals surface area contributed by atoms with Crippen LogP contribution in [0, 0.1) is 11.7 Å². The van der Waals surface area contributed by atoms with Crippen LogP contribution in [0.5, 0.6) is 0 Å². The predicted molar refractivity (Wildman–Crippen MR) is 69.4 cm³/mol. The Labute approximate surface area is 104 Å². The fourth-order valence-electron chi connectivity index (χ4n) is 3.13. The van der Waals surface area contributed by atoms with E-state index in [9.17, 15) is 4.39 Å². The van der Waals surface area contributed by atoms with E-state index in [1.54, 1.807) is 6.07 Å². The molecule has 0 N–H and O–H groups in total. The normalized spacial score (nSPS) is 19.5. The highest BCUT2D eigenvalue weighted by molar-refractivity contribution is 5.21. The minimum absolute atomic E-state index is 0.120. The molecule has 1 aliphatic carbocycles. The molecule has 1 aromatic carbocycles. The molecule has 1 unspecified atom stereocenters. The monoisotopic (exact) mass is 235 g/mol. The molecule has 0 spiro atoms. The van der Waals surface area contributed by atoms with E-state index in [4.69, 9.17) is 0 Å². The molecule has 0 amide bonds. The summed E-state index contributed by atoms with van der Waals surface area (Å²) in [6.07, 6.45) is 6.56. The van der Waals surface area contributed by atoms with E-state index in [0.29, 0.717) is 12.0 Å². The molecule has 0 radical (unpaired) electrons. The van der Waals surface area contributed by atoms with Crippen LogP contribution in [0.1, 0.15) is 43.7 Å². The third-order valence-corrected chi connectivity index (χ3v) is 3.84. The maximum absolute atomic E-state index is 13.3. The standard InChI is InChI=1S/C15H22FN/c1-17(2)15(12-7-4-3-5-8-12)13-9-6-10-14(16)11-13/h6,9-12,15H,3-5,7-8H2,1-2H3. The number of benzene rings is 1. The van der Waals surface area contributed by atoms with Crippen LogP contribution in [-0.2, 0) is 0 Å². The lowest BCUT2D eigenvalue weighted by Crippen LogP contribution is -2.29. The zero-order valence-corrected chi connectivity index (χ0v) is 10.8. The van der Waals surface area contributed by atoms with Crippen molar-refractivity contribution >= 4 is 0 Å². The Morgan fingerprint density at radius 1 is 1.18 bits per heavy atom. The summed E-state index contributed by atoms with van der Waals surface area (Å²) in [6, 6.07) is 7.47. The summed E-state index contributed by atoms with van der Waals surface area (Å²) in [5.41, 5.74) is 1.13. The molecular formula is C15H22FN. The fraction of sp³-hybridized carbons (Fsp3) is 0.600.